The molecule has 1 saturated heterocycles. The molecule has 2 rings (SSSR count). The minimum absolute atomic E-state index is 0.286. The number of nitriles is 1. The first-order chi connectivity index (χ1) is 6.81. The number of halogens is 1. The molecule has 1 fully saturated rings. The number of hydrogen-bond donors (Lipinski definition) is 1. The van der Waals surface area contributed by atoms with Crippen LogP contribution in [0, 0.1) is 11.3 Å². The molecule has 1 atom stereocenters. The Kier molecular flexibility index (Phi) is 2.67. The molecule has 0 aromatic carbocycles. The average molecular weight is 208 g/mol. The average Bonchev–Trinajstić information content (AvgIpc) is 2.71. The molecular formula is C10H10ClN3. The first-order valence-electron chi connectivity index (χ1n) is 4.60. The zero-order valence-electron chi connectivity index (χ0n) is 7.63. The molecule has 0 amide bonds. The zero-order chi connectivity index (χ0) is 9.97. The summed E-state index contributed by atoms with van der Waals surface area (Å²) in [6.45, 7) is 1.04. The van der Waals surface area contributed by atoms with Gasteiger partial charge in [0.25, 0.3) is 0 Å². The highest BCUT2D eigenvalue weighted by Gasteiger charge is 2.17. The van der Waals surface area contributed by atoms with Crippen LogP contribution in [0.15, 0.2) is 12.3 Å². The summed E-state index contributed by atoms with van der Waals surface area (Å²) in [5.41, 5.74) is 1.52. The highest BCUT2D eigenvalue weighted by Crippen LogP contribution is 2.24. The third kappa shape index (κ3) is 1.72. The van der Waals surface area contributed by atoms with E-state index in [-0.39, 0.29) is 5.15 Å². The lowest BCUT2D eigenvalue weighted by Crippen LogP contribution is -2.13. The highest BCUT2D eigenvalue weighted by molar-refractivity contribution is 6.30. The van der Waals surface area contributed by atoms with Crippen LogP contribution in [0.5, 0.6) is 0 Å². The quantitative estimate of drug-likeness (QED) is 0.717. The van der Waals surface area contributed by atoms with Gasteiger partial charge in [-0.2, -0.15) is 5.26 Å². The van der Waals surface area contributed by atoms with Crippen molar-refractivity contribution in [3.8, 4) is 6.07 Å². The summed E-state index contributed by atoms with van der Waals surface area (Å²) in [6.07, 6.45) is 4.02. The van der Waals surface area contributed by atoms with Gasteiger partial charge in [0.15, 0.2) is 0 Å². The first kappa shape index (κ1) is 9.45. The molecule has 4 heteroatoms. The third-order valence-electron chi connectivity index (χ3n) is 2.44. The van der Waals surface area contributed by atoms with E-state index < -0.39 is 0 Å². The number of rotatable bonds is 1. The van der Waals surface area contributed by atoms with Gasteiger partial charge in [-0.25, -0.2) is 4.98 Å². The van der Waals surface area contributed by atoms with E-state index >= 15 is 0 Å². The van der Waals surface area contributed by atoms with Crippen molar-refractivity contribution in [1.82, 2.24) is 10.3 Å². The predicted octanol–water partition coefficient (Wildman–Crippen LogP) is 2.03. The van der Waals surface area contributed by atoms with Crippen LogP contribution in [0.1, 0.15) is 30.0 Å². The third-order valence-corrected chi connectivity index (χ3v) is 2.74. The summed E-state index contributed by atoms with van der Waals surface area (Å²) < 4.78 is 0. The van der Waals surface area contributed by atoms with Gasteiger partial charge < -0.3 is 5.32 Å². The van der Waals surface area contributed by atoms with Gasteiger partial charge in [-0.15, -0.1) is 0 Å². The van der Waals surface area contributed by atoms with Crippen LogP contribution < -0.4 is 5.32 Å². The van der Waals surface area contributed by atoms with E-state index in [4.69, 9.17) is 16.9 Å². The van der Waals surface area contributed by atoms with Crippen molar-refractivity contribution in [1.29, 1.82) is 5.26 Å². The molecular weight excluding hydrogens is 198 g/mol. The molecule has 0 saturated carbocycles. The van der Waals surface area contributed by atoms with Crippen LogP contribution in [0.2, 0.25) is 5.15 Å². The summed E-state index contributed by atoms with van der Waals surface area (Å²) in [7, 11) is 0. The lowest BCUT2D eigenvalue weighted by atomic mass is 10.1. The Morgan fingerprint density at radius 2 is 2.50 bits per heavy atom. The van der Waals surface area contributed by atoms with Crippen molar-refractivity contribution in [2.24, 2.45) is 0 Å². The fourth-order valence-electron chi connectivity index (χ4n) is 1.70. The Balaban J connectivity index is 2.31. The van der Waals surface area contributed by atoms with Gasteiger partial charge in [0.05, 0.1) is 5.56 Å². The molecule has 3 nitrogen and oxygen atoms in total. The summed E-state index contributed by atoms with van der Waals surface area (Å²) in [5.74, 6) is 0. The topological polar surface area (TPSA) is 48.7 Å². The van der Waals surface area contributed by atoms with Crippen molar-refractivity contribution in [3.05, 3.63) is 28.5 Å². The highest BCUT2D eigenvalue weighted by atomic mass is 35.5. The molecule has 2 heterocycles. The summed E-state index contributed by atoms with van der Waals surface area (Å²) in [6, 6.07) is 4.19. The van der Waals surface area contributed by atoms with Crippen LogP contribution in [0.4, 0.5) is 0 Å². The SMILES string of the molecule is N#Cc1cc(C2CCCN2)cnc1Cl. The standard InChI is InChI=1S/C10H10ClN3/c11-10-7(5-12)4-8(6-14-10)9-2-1-3-13-9/h4,6,9,13H,1-3H2. The maximum absolute atomic E-state index is 8.79. The molecule has 1 aliphatic rings. The van der Waals surface area contributed by atoms with Crippen molar-refractivity contribution < 1.29 is 0 Å². The molecule has 0 aliphatic carbocycles. The smallest absolute Gasteiger partial charge is 0.146 e. The molecule has 1 unspecified atom stereocenters. The van der Waals surface area contributed by atoms with E-state index in [9.17, 15) is 0 Å². The zero-order valence-corrected chi connectivity index (χ0v) is 8.38. The number of nitrogens with one attached hydrogen (secondary N) is 1. The second-order valence-electron chi connectivity index (χ2n) is 3.37. The fourth-order valence-corrected chi connectivity index (χ4v) is 1.85. The molecule has 1 aromatic heterocycles. The van der Waals surface area contributed by atoms with Crippen LogP contribution >= 0.6 is 11.6 Å². The van der Waals surface area contributed by atoms with E-state index in [1.165, 1.54) is 6.42 Å². The Morgan fingerprint density at radius 3 is 3.14 bits per heavy atom. The van der Waals surface area contributed by atoms with E-state index in [1.807, 2.05) is 12.1 Å². The first-order valence-corrected chi connectivity index (χ1v) is 4.98. The lowest BCUT2D eigenvalue weighted by molar-refractivity contribution is 0.645. The van der Waals surface area contributed by atoms with Gasteiger partial charge in [0, 0.05) is 12.2 Å². The fraction of sp³-hybridized carbons (Fsp3) is 0.400. The maximum atomic E-state index is 8.79. The second-order valence-corrected chi connectivity index (χ2v) is 3.73. The minimum Gasteiger partial charge on any atom is -0.310 e. The maximum Gasteiger partial charge on any atom is 0.146 e. The van der Waals surface area contributed by atoms with E-state index in [0.29, 0.717) is 11.6 Å². The second kappa shape index (κ2) is 3.95. The van der Waals surface area contributed by atoms with E-state index in [2.05, 4.69) is 10.3 Å². The molecule has 14 heavy (non-hydrogen) atoms. The van der Waals surface area contributed by atoms with Crippen LogP contribution in [0.25, 0.3) is 0 Å². The van der Waals surface area contributed by atoms with Gasteiger partial charge in [0.2, 0.25) is 0 Å². The minimum atomic E-state index is 0.286. The molecule has 1 aromatic rings. The van der Waals surface area contributed by atoms with Gasteiger partial charge >= 0.3 is 0 Å². The van der Waals surface area contributed by atoms with Gasteiger partial charge in [-0.1, -0.05) is 11.6 Å². The Hall–Kier alpha value is -1.11. The molecule has 1 N–H and O–H groups in total. The Morgan fingerprint density at radius 1 is 1.64 bits per heavy atom. The van der Waals surface area contributed by atoms with Gasteiger partial charge in [0.1, 0.15) is 11.2 Å². The van der Waals surface area contributed by atoms with Crippen LogP contribution in [0.3, 0.4) is 0 Å². The number of pyridine rings is 1. The lowest BCUT2D eigenvalue weighted by Gasteiger charge is -2.10. The van der Waals surface area contributed by atoms with Crippen LogP contribution in [-0.2, 0) is 0 Å². The summed E-state index contributed by atoms with van der Waals surface area (Å²) in [5, 5.41) is 12.4. The predicted molar refractivity (Wildman–Crippen MR) is 53.9 cm³/mol. The Labute approximate surface area is 87.7 Å². The van der Waals surface area contributed by atoms with E-state index in [0.717, 1.165) is 18.5 Å². The molecule has 0 radical (unpaired) electrons. The van der Waals surface area contributed by atoms with E-state index in [1.54, 1.807) is 6.20 Å². The van der Waals surface area contributed by atoms with Crippen molar-refractivity contribution >= 4 is 11.6 Å². The van der Waals surface area contributed by atoms with Crippen molar-refractivity contribution in [2.75, 3.05) is 6.54 Å². The monoisotopic (exact) mass is 207 g/mol. The summed E-state index contributed by atoms with van der Waals surface area (Å²) >= 11 is 5.75. The molecule has 0 spiro atoms. The normalized spacial score (nSPS) is 20.7. The van der Waals surface area contributed by atoms with Crippen molar-refractivity contribution in [3.63, 3.8) is 0 Å². The summed E-state index contributed by atoms with van der Waals surface area (Å²) in [4.78, 5) is 4.00. The van der Waals surface area contributed by atoms with Crippen LogP contribution in [-0.4, -0.2) is 11.5 Å². The molecule has 0 bridgehead atoms. The largest absolute Gasteiger partial charge is 0.310 e. The molecule has 72 valence electrons. The van der Waals surface area contributed by atoms with Crippen molar-refractivity contribution in [2.45, 2.75) is 18.9 Å². The van der Waals surface area contributed by atoms with Gasteiger partial charge in [-0.05, 0) is 31.0 Å². The molecule has 1 aliphatic heterocycles. The number of hydrogen-bond acceptors (Lipinski definition) is 3. The van der Waals surface area contributed by atoms with Gasteiger partial charge in [-0.3, -0.25) is 0 Å². The number of nitrogens with zero attached hydrogens (tertiary/aromatic N) is 2. The number of aromatic nitrogens is 1. The Bertz CT molecular complexity index is 377.